The van der Waals surface area contributed by atoms with E-state index in [4.69, 9.17) is 4.74 Å². The number of nitrogens with zero attached hydrogens (tertiary/aromatic N) is 2. The van der Waals surface area contributed by atoms with Crippen molar-refractivity contribution < 1.29 is 9.84 Å². The number of hydrogen-bond acceptors (Lipinski definition) is 6. The number of ether oxygens (including phenoxy) is 1. The van der Waals surface area contributed by atoms with E-state index in [1.54, 1.807) is 18.4 Å². The standard InChI is InChI=1S/C16H23N3O2S/c1-12-6-4-5-7-15(12)18-16-17-13(11-22-16)8-19(2)9-14(20)10-21-3/h4-7,11,14,20H,8-10H2,1-3H3,(H,17,18). The highest BCUT2D eigenvalue weighted by Gasteiger charge is 2.10. The van der Waals surface area contributed by atoms with Crippen molar-refractivity contribution in [2.75, 3.05) is 32.6 Å². The van der Waals surface area contributed by atoms with Gasteiger partial charge in [-0.1, -0.05) is 18.2 Å². The molecule has 0 saturated carbocycles. The van der Waals surface area contributed by atoms with E-state index in [-0.39, 0.29) is 0 Å². The molecule has 1 unspecified atom stereocenters. The lowest BCUT2D eigenvalue weighted by Crippen LogP contribution is -2.31. The third-order valence-electron chi connectivity index (χ3n) is 3.25. The number of hydrogen-bond donors (Lipinski definition) is 2. The fourth-order valence-corrected chi connectivity index (χ4v) is 2.93. The van der Waals surface area contributed by atoms with Gasteiger partial charge in [-0.15, -0.1) is 11.3 Å². The van der Waals surface area contributed by atoms with Gasteiger partial charge in [-0.2, -0.15) is 0 Å². The molecule has 0 spiro atoms. The minimum absolute atomic E-state index is 0.349. The maximum atomic E-state index is 9.73. The Bertz CT molecular complexity index is 588. The molecule has 6 heteroatoms. The molecule has 0 amide bonds. The Morgan fingerprint density at radius 3 is 2.91 bits per heavy atom. The maximum Gasteiger partial charge on any atom is 0.187 e. The normalized spacial score (nSPS) is 12.6. The van der Waals surface area contributed by atoms with Crippen molar-refractivity contribution in [2.24, 2.45) is 0 Å². The summed E-state index contributed by atoms with van der Waals surface area (Å²) < 4.78 is 4.94. The summed E-state index contributed by atoms with van der Waals surface area (Å²) in [4.78, 5) is 6.63. The monoisotopic (exact) mass is 321 g/mol. The number of likely N-dealkylation sites (N-methyl/N-ethyl adjacent to an activating group) is 1. The predicted octanol–water partition coefficient (Wildman–Crippen LogP) is 2.63. The summed E-state index contributed by atoms with van der Waals surface area (Å²) >= 11 is 1.59. The topological polar surface area (TPSA) is 57.6 Å². The molecule has 0 bridgehead atoms. The first-order valence-electron chi connectivity index (χ1n) is 7.21. The van der Waals surface area contributed by atoms with Gasteiger partial charge in [-0.25, -0.2) is 4.98 Å². The van der Waals surface area contributed by atoms with Crippen LogP contribution >= 0.6 is 11.3 Å². The van der Waals surface area contributed by atoms with E-state index in [9.17, 15) is 5.11 Å². The summed E-state index contributed by atoms with van der Waals surface area (Å²) in [5.74, 6) is 0. The van der Waals surface area contributed by atoms with Crippen molar-refractivity contribution >= 4 is 22.2 Å². The van der Waals surface area contributed by atoms with Crippen molar-refractivity contribution in [3.8, 4) is 0 Å². The Balaban J connectivity index is 1.90. The molecule has 120 valence electrons. The van der Waals surface area contributed by atoms with E-state index >= 15 is 0 Å². The van der Waals surface area contributed by atoms with Crippen molar-refractivity contribution in [1.82, 2.24) is 9.88 Å². The lowest BCUT2D eigenvalue weighted by Gasteiger charge is -2.18. The average molecular weight is 321 g/mol. The molecule has 0 aliphatic heterocycles. The molecule has 0 radical (unpaired) electrons. The van der Waals surface area contributed by atoms with Gasteiger partial charge in [0.15, 0.2) is 5.13 Å². The highest BCUT2D eigenvalue weighted by atomic mass is 32.1. The van der Waals surface area contributed by atoms with Gasteiger partial charge in [-0.05, 0) is 25.6 Å². The summed E-state index contributed by atoms with van der Waals surface area (Å²) in [6, 6.07) is 8.15. The van der Waals surface area contributed by atoms with Gasteiger partial charge in [0.25, 0.3) is 0 Å². The smallest absolute Gasteiger partial charge is 0.187 e. The van der Waals surface area contributed by atoms with Crippen LogP contribution in [0.1, 0.15) is 11.3 Å². The molecule has 0 aliphatic carbocycles. The number of methoxy groups -OCH3 is 1. The fourth-order valence-electron chi connectivity index (χ4n) is 2.21. The van der Waals surface area contributed by atoms with Gasteiger partial charge in [0.1, 0.15) is 0 Å². The molecule has 0 aliphatic rings. The molecule has 2 rings (SSSR count). The predicted molar refractivity (Wildman–Crippen MR) is 90.8 cm³/mol. The van der Waals surface area contributed by atoms with Crippen molar-refractivity contribution in [3.63, 3.8) is 0 Å². The minimum atomic E-state index is -0.474. The van der Waals surface area contributed by atoms with E-state index in [1.165, 1.54) is 5.56 Å². The van der Waals surface area contributed by atoms with Gasteiger partial charge < -0.3 is 15.2 Å². The Hall–Kier alpha value is -1.47. The molecule has 1 aromatic carbocycles. The number of aliphatic hydroxyl groups is 1. The third kappa shape index (κ3) is 5.06. The zero-order valence-electron chi connectivity index (χ0n) is 13.2. The number of benzene rings is 1. The number of thiazole rings is 1. The zero-order chi connectivity index (χ0) is 15.9. The summed E-state index contributed by atoms with van der Waals surface area (Å²) in [5, 5.41) is 16.0. The van der Waals surface area contributed by atoms with E-state index in [0.29, 0.717) is 19.7 Å². The molecule has 1 aromatic heterocycles. The Morgan fingerprint density at radius 2 is 2.18 bits per heavy atom. The number of para-hydroxylation sites is 1. The molecule has 1 heterocycles. The summed E-state index contributed by atoms with van der Waals surface area (Å²) in [6.45, 7) is 3.68. The second-order valence-electron chi connectivity index (χ2n) is 5.39. The molecular weight excluding hydrogens is 298 g/mol. The van der Waals surface area contributed by atoms with Crippen LogP contribution in [-0.2, 0) is 11.3 Å². The molecule has 2 N–H and O–H groups in total. The van der Waals surface area contributed by atoms with E-state index in [1.807, 2.05) is 35.5 Å². The van der Waals surface area contributed by atoms with Crippen molar-refractivity contribution in [2.45, 2.75) is 19.6 Å². The Labute approximate surface area is 135 Å². The highest BCUT2D eigenvalue weighted by Crippen LogP contribution is 2.23. The van der Waals surface area contributed by atoms with E-state index < -0.39 is 6.10 Å². The lowest BCUT2D eigenvalue weighted by atomic mass is 10.2. The summed E-state index contributed by atoms with van der Waals surface area (Å²) in [6.07, 6.45) is -0.474. The number of aromatic nitrogens is 1. The number of rotatable bonds is 8. The molecule has 0 saturated heterocycles. The van der Waals surface area contributed by atoms with Crippen LogP contribution in [0.5, 0.6) is 0 Å². The average Bonchev–Trinajstić information content (AvgIpc) is 2.88. The number of aliphatic hydroxyl groups excluding tert-OH is 1. The van der Waals surface area contributed by atoms with Gasteiger partial charge in [0, 0.05) is 31.3 Å². The van der Waals surface area contributed by atoms with Gasteiger partial charge in [0.2, 0.25) is 0 Å². The van der Waals surface area contributed by atoms with Crippen LogP contribution in [0.25, 0.3) is 0 Å². The van der Waals surface area contributed by atoms with Crippen LogP contribution in [0.2, 0.25) is 0 Å². The molecule has 1 atom stereocenters. The summed E-state index contributed by atoms with van der Waals surface area (Å²) in [5.41, 5.74) is 3.26. The Kier molecular flexibility index (Phi) is 6.33. The van der Waals surface area contributed by atoms with Gasteiger partial charge in [-0.3, -0.25) is 4.90 Å². The maximum absolute atomic E-state index is 9.73. The zero-order valence-corrected chi connectivity index (χ0v) is 14.1. The molecule has 2 aromatic rings. The second kappa shape index (κ2) is 8.24. The van der Waals surface area contributed by atoms with Crippen LogP contribution in [0.4, 0.5) is 10.8 Å². The SMILES string of the molecule is COCC(O)CN(C)Cc1csc(Nc2ccccc2C)n1. The fraction of sp³-hybridized carbons (Fsp3) is 0.438. The Morgan fingerprint density at radius 1 is 1.41 bits per heavy atom. The molecule has 0 fully saturated rings. The van der Waals surface area contributed by atoms with Crippen molar-refractivity contribution in [1.29, 1.82) is 0 Å². The quantitative estimate of drug-likeness (QED) is 0.783. The largest absolute Gasteiger partial charge is 0.389 e. The highest BCUT2D eigenvalue weighted by molar-refractivity contribution is 7.13. The van der Waals surface area contributed by atoms with Crippen molar-refractivity contribution in [3.05, 3.63) is 40.9 Å². The molecule has 5 nitrogen and oxygen atoms in total. The first kappa shape index (κ1) is 16.9. The lowest BCUT2D eigenvalue weighted by molar-refractivity contribution is 0.0417. The van der Waals surface area contributed by atoms with E-state index in [0.717, 1.165) is 16.5 Å². The second-order valence-corrected chi connectivity index (χ2v) is 6.25. The number of aryl methyl sites for hydroxylation is 1. The number of nitrogens with one attached hydrogen (secondary N) is 1. The van der Waals surface area contributed by atoms with Gasteiger partial charge in [0.05, 0.1) is 18.4 Å². The first-order chi connectivity index (χ1) is 10.6. The third-order valence-corrected chi connectivity index (χ3v) is 4.06. The first-order valence-corrected chi connectivity index (χ1v) is 8.09. The van der Waals surface area contributed by atoms with Crippen LogP contribution in [-0.4, -0.2) is 48.4 Å². The van der Waals surface area contributed by atoms with Gasteiger partial charge >= 0.3 is 0 Å². The van der Waals surface area contributed by atoms with Crippen LogP contribution in [0.3, 0.4) is 0 Å². The van der Waals surface area contributed by atoms with Crippen LogP contribution < -0.4 is 5.32 Å². The molecular formula is C16H23N3O2S. The minimum Gasteiger partial charge on any atom is -0.389 e. The molecule has 22 heavy (non-hydrogen) atoms. The van der Waals surface area contributed by atoms with Crippen LogP contribution in [0.15, 0.2) is 29.6 Å². The summed E-state index contributed by atoms with van der Waals surface area (Å²) in [7, 11) is 3.56. The van der Waals surface area contributed by atoms with Crippen LogP contribution in [0, 0.1) is 6.92 Å². The number of anilines is 2. The van der Waals surface area contributed by atoms with E-state index in [2.05, 4.69) is 23.3 Å².